The first kappa shape index (κ1) is 18.7. The third-order valence-electron chi connectivity index (χ3n) is 5.47. The van der Waals surface area contributed by atoms with Crippen LogP contribution < -0.4 is 0 Å². The van der Waals surface area contributed by atoms with Gasteiger partial charge in [-0.25, -0.2) is 0 Å². The molecule has 2 aromatic heterocycles. The summed E-state index contributed by atoms with van der Waals surface area (Å²) >= 11 is 1.52. The maximum atomic E-state index is 12.9. The van der Waals surface area contributed by atoms with E-state index in [1.807, 2.05) is 17.5 Å². The summed E-state index contributed by atoms with van der Waals surface area (Å²) < 4.78 is 5.84. The molecule has 8 nitrogen and oxygen atoms in total. The molecule has 0 N–H and O–H groups in total. The van der Waals surface area contributed by atoms with Crippen molar-refractivity contribution in [1.82, 2.24) is 20.0 Å². The molecular formula is C21H18N4O4S. The van der Waals surface area contributed by atoms with Crippen molar-refractivity contribution in [2.45, 2.75) is 18.8 Å². The molecule has 1 fully saturated rings. The van der Waals surface area contributed by atoms with E-state index in [2.05, 4.69) is 10.2 Å². The number of amides is 3. The van der Waals surface area contributed by atoms with Crippen LogP contribution >= 0.6 is 11.3 Å². The standard InChI is InChI=1S/C21H18N4O4S/c26-17(12-25-20(27)14-6-1-2-7-15(14)21(25)28)24-9-3-5-13(11-24)18-22-23-19(29-18)16-8-4-10-30-16/h1-2,4,6-8,10,13H,3,5,9,11-12H2. The molecule has 0 bridgehead atoms. The van der Waals surface area contributed by atoms with Crippen molar-refractivity contribution in [3.63, 3.8) is 0 Å². The van der Waals surface area contributed by atoms with E-state index < -0.39 is 11.8 Å². The number of carbonyl (C=O) groups excluding carboxylic acids is 3. The summed E-state index contributed by atoms with van der Waals surface area (Å²) in [6.45, 7) is 0.738. The molecule has 0 radical (unpaired) electrons. The highest BCUT2D eigenvalue weighted by Gasteiger charge is 2.38. The molecular weight excluding hydrogens is 404 g/mol. The summed E-state index contributed by atoms with van der Waals surface area (Å²) in [6.07, 6.45) is 1.62. The quantitative estimate of drug-likeness (QED) is 0.600. The van der Waals surface area contributed by atoms with Gasteiger partial charge in [-0.2, -0.15) is 0 Å². The molecule has 0 spiro atoms. The Morgan fingerprint density at radius 1 is 1.10 bits per heavy atom. The first-order valence-electron chi connectivity index (χ1n) is 9.72. The minimum atomic E-state index is -0.421. The summed E-state index contributed by atoms with van der Waals surface area (Å²) in [5.74, 6) is -0.172. The summed E-state index contributed by atoms with van der Waals surface area (Å²) in [4.78, 5) is 41.5. The van der Waals surface area contributed by atoms with Gasteiger partial charge in [0, 0.05) is 13.1 Å². The fourth-order valence-electron chi connectivity index (χ4n) is 3.92. The first-order chi connectivity index (χ1) is 14.6. The van der Waals surface area contributed by atoms with Gasteiger partial charge in [-0.15, -0.1) is 21.5 Å². The lowest BCUT2D eigenvalue weighted by atomic mass is 9.98. The first-order valence-corrected chi connectivity index (χ1v) is 10.6. The number of hydrogen-bond acceptors (Lipinski definition) is 7. The number of piperidine rings is 1. The molecule has 30 heavy (non-hydrogen) atoms. The Hall–Kier alpha value is -3.33. The van der Waals surface area contributed by atoms with Gasteiger partial charge in [0.2, 0.25) is 11.8 Å². The molecule has 2 aliphatic rings. The number of likely N-dealkylation sites (tertiary alicyclic amines) is 1. The Bertz CT molecular complexity index is 1090. The molecule has 3 amide bonds. The van der Waals surface area contributed by atoms with Crippen molar-refractivity contribution < 1.29 is 18.8 Å². The van der Waals surface area contributed by atoms with Gasteiger partial charge in [-0.05, 0) is 36.4 Å². The van der Waals surface area contributed by atoms with Crippen molar-refractivity contribution in [2.75, 3.05) is 19.6 Å². The fraction of sp³-hybridized carbons (Fsp3) is 0.286. The van der Waals surface area contributed by atoms with Crippen LogP contribution in [0.1, 0.15) is 45.4 Å². The second-order valence-corrected chi connectivity index (χ2v) is 8.29. The molecule has 1 atom stereocenters. The number of nitrogens with zero attached hydrogens (tertiary/aromatic N) is 4. The number of rotatable bonds is 4. The molecule has 1 aromatic carbocycles. The largest absolute Gasteiger partial charge is 0.420 e. The normalized spacial score (nSPS) is 18.7. The number of imide groups is 1. The maximum absolute atomic E-state index is 12.9. The molecule has 1 saturated heterocycles. The van der Waals surface area contributed by atoms with Gasteiger partial charge in [0.25, 0.3) is 17.7 Å². The van der Waals surface area contributed by atoms with Crippen LogP contribution in [-0.4, -0.2) is 57.4 Å². The van der Waals surface area contributed by atoms with Crippen LogP contribution in [0.5, 0.6) is 0 Å². The minimum absolute atomic E-state index is 0.0638. The van der Waals surface area contributed by atoms with Crippen LogP contribution in [-0.2, 0) is 4.79 Å². The van der Waals surface area contributed by atoms with E-state index in [0.29, 0.717) is 36.0 Å². The molecule has 2 aliphatic heterocycles. The number of fused-ring (bicyclic) bond motifs is 1. The SMILES string of the molecule is O=C(CN1C(=O)c2ccccc2C1=O)N1CCCC(c2nnc(-c3cccs3)o2)C1. The lowest BCUT2D eigenvalue weighted by Crippen LogP contribution is -2.46. The van der Waals surface area contributed by atoms with Crippen molar-refractivity contribution in [3.8, 4) is 10.8 Å². The van der Waals surface area contributed by atoms with Crippen molar-refractivity contribution in [3.05, 3.63) is 58.8 Å². The van der Waals surface area contributed by atoms with E-state index in [0.717, 1.165) is 22.6 Å². The lowest BCUT2D eigenvalue weighted by molar-refractivity contribution is -0.132. The van der Waals surface area contributed by atoms with Crippen LogP contribution in [0, 0.1) is 0 Å². The van der Waals surface area contributed by atoms with Gasteiger partial charge in [-0.1, -0.05) is 18.2 Å². The smallest absolute Gasteiger partial charge is 0.262 e. The fourth-order valence-corrected chi connectivity index (χ4v) is 4.57. The predicted octanol–water partition coefficient (Wildman–Crippen LogP) is 2.80. The summed E-state index contributed by atoms with van der Waals surface area (Å²) in [5.41, 5.74) is 0.692. The average molecular weight is 422 g/mol. The van der Waals surface area contributed by atoms with Crippen molar-refractivity contribution >= 4 is 29.1 Å². The van der Waals surface area contributed by atoms with E-state index in [-0.39, 0.29) is 18.4 Å². The molecule has 9 heteroatoms. The second kappa shape index (κ2) is 7.49. The molecule has 3 aromatic rings. The number of aromatic nitrogens is 2. The van der Waals surface area contributed by atoms with Gasteiger partial charge in [0.05, 0.1) is 21.9 Å². The lowest BCUT2D eigenvalue weighted by Gasteiger charge is -2.32. The maximum Gasteiger partial charge on any atom is 0.262 e. The molecule has 0 saturated carbocycles. The van der Waals surface area contributed by atoms with Gasteiger partial charge < -0.3 is 9.32 Å². The zero-order valence-corrected chi connectivity index (χ0v) is 16.8. The number of carbonyl (C=O) groups is 3. The predicted molar refractivity (Wildman–Crippen MR) is 108 cm³/mol. The third-order valence-corrected chi connectivity index (χ3v) is 6.33. The summed E-state index contributed by atoms with van der Waals surface area (Å²) in [6, 6.07) is 10.5. The minimum Gasteiger partial charge on any atom is -0.420 e. The highest BCUT2D eigenvalue weighted by atomic mass is 32.1. The van der Waals surface area contributed by atoms with Gasteiger partial charge >= 0.3 is 0 Å². The van der Waals surface area contributed by atoms with Crippen LogP contribution in [0.15, 0.2) is 46.2 Å². The van der Waals surface area contributed by atoms with E-state index in [9.17, 15) is 14.4 Å². The Labute approximate surface area is 176 Å². The Morgan fingerprint density at radius 3 is 2.57 bits per heavy atom. The van der Waals surface area contributed by atoms with Crippen LogP contribution in [0.2, 0.25) is 0 Å². The van der Waals surface area contributed by atoms with E-state index in [4.69, 9.17) is 4.42 Å². The van der Waals surface area contributed by atoms with Crippen LogP contribution in [0.4, 0.5) is 0 Å². The zero-order chi connectivity index (χ0) is 20.7. The van der Waals surface area contributed by atoms with Crippen LogP contribution in [0.3, 0.4) is 0 Å². The Kier molecular flexibility index (Phi) is 4.66. The van der Waals surface area contributed by atoms with E-state index in [1.165, 1.54) is 11.3 Å². The molecule has 152 valence electrons. The summed E-state index contributed by atoms with van der Waals surface area (Å²) in [5, 5.41) is 10.2. The van der Waals surface area contributed by atoms with Gasteiger partial charge in [0.1, 0.15) is 6.54 Å². The molecule has 5 rings (SSSR count). The average Bonchev–Trinajstić information content (AvgIpc) is 3.52. The van der Waals surface area contributed by atoms with Gasteiger partial charge in [0.15, 0.2) is 0 Å². The number of hydrogen-bond donors (Lipinski definition) is 0. The highest BCUT2D eigenvalue weighted by molar-refractivity contribution is 7.13. The molecule has 0 aliphatic carbocycles. The second-order valence-electron chi connectivity index (χ2n) is 7.34. The highest BCUT2D eigenvalue weighted by Crippen LogP contribution is 2.30. The topological polar surface area (TPSA) is 96.6 Å². The van der Waals surface area contributed by atoms with Crippen LogP contribution in [0.25, 0.3) is 10.8 Å². The number of benzene rings is 1. The third kappa shape index (κ3) is 3.21. The molecule has 1 unspecified atom stereocenters. The van der Waals surface area contributed by atoms with E-state index in [1.54, 1.807) is 29.2 Å². The monoisotopic (exact) mass is 422 g/mol. The van der Waals surface area contributed by atoms with Gasteiger partial charge in [-0.3, -0.25) is 19.3 Å². The Balaban J connectivity index is 1.27. The van der Waals surface area contributed by atoms with Crippen molar-refractivity contribution in [2.24, 2.45) is 0 Å². The van der Waals surface area contributed by atoms with Crippen molar-refractivity contribution in [1.29, 1.82) is 0 Å². The van der Waals surface area contributed by atoms with E-state index >= 15 is 0 Å². The molecule has 4 heterocycles. The Morgan fingerprint density at radius 2 is 1.87 bits per heavy atom. The zero-order valence-electron chi connectivity index (χ0n) is 16.0. The number of thiophene rings is 1. The summed E-state index contributed by atoms with van der Waals surface area (Å²) in [7, 11) is 0.